The Morgan fingerprint density at radius 3 is 2.31 bits per heavy atom. The quantitative estimate of drug-likeness (QED) is 0.381. The fraction of sp³-hybridized carbons (Fsp3) is 0.609. The minimum absolute atomic E-state index is 0.148. The summed E-state index contributed by atoms with van der Waals surface area (Å²) < 4.78 is 6.24. The fourth-order valence-corrected chi connectivity index (χ4v) is 4.60. The van der Waals surface area contributed by atoms with Crippen LogP contribution in [0.15, 0.2) is 30.3 Å². The number of ether oxygens (including phenoxy) is 1. The van der Waals surface area contributed by atoms with Crippen molar-refractivity contribution < 1.29 is 14.3 Å². The summed E-state index contributed by atoms with van der Waals surface area (Å²) in [6.45, 7) is 9.00. The van der Waals surface area contributed by atoms with Crippen molar-refractivity contribution in [2.45, 2.75) is 63.9 Å². The summed E-state index contributed by atoms with van der Waals surface area (Å²) >= 11 is 7.14. The zero-order valence-corrected chi connectivity index (χ0v) is 20.9. The monoisotopic (exact) mass is 480 g/mol. The lowest BCUT2D eigenvalue weighted by molar-refractivity contribution is 0.0219. The number of urea groups is 1. The third-order valence-electron chi connectivity index (χ3n) is 4.82. The van der Waals surface area contributed by atoms with Gasteiger partial charge in [-0.2, -0.15) is 0 Å². The van der Waals surface area contributed by atoms with Crippen molar-refractivity contribution in [3.05, 3.63) is 35.9 Å². The standard InChI is InChI=1S/C23H36N4O3S2/c1-23(2,3)30-22(29)27-15-11-19(12-16-27)32-21(31)25-14-8-7-13-24-20(28)26-17-18-9-5-4-6-10-18/h4-6,9-10,19H,7-8,11-17H2,1-3H3,(H,25,31)(H2,24,26,28). The molecule has 32 heavy (non-hydrogen) atoms. The summed E-state index contributed by atoms with van der Waals surface area (Å²) in [5, 5.41) is 9.44. The van der Waals surface area contributed by atoms with Crippen molar-refractivity contribution in [3.63, 3.8) is 0 Å². The summed E-state index contributed by atoms with van der Waals surface area (Å²) in [6.07, 6.45) is 3.40. The molecule has 0 spiro atoms. The maximum atomic E-state index is 12.1. The fourth-order valence-electron chi connectivity index (χ4n) is 3.16. The van der Waals surface area contributed by atoms with Crippen molar-refractivity contribution in [2.75, 3.05) is 26.2 Å². The van der Waals surface area contributed by atoms with E-state index in [0.717, 1.165) is 42.1 Å². The van der Waals surface area contributed by atoms with Gasteiger partial charge in [0.2, 0.25) is 0 Å². The van der Waals surface area contributed by atoms with Gasteiger partial charge in [-0.15, -0.1) is 0 Å². The molecule has 0 saturated carbocycles. The number of rotatable bonds is 8. The number of likely N-dealkylation sites (tertiary alicyclic amines) is 1. The maximum absolute atomic E-state index is 12.1. The molecular formula is C23H36N4O3S2. The molecule has 3 amide bonds. The van der Waals surface area contributed by atoms with E-state index in [4.69, 9.17) is 17.0 Å². The molecule has 1 aromatic carbocycles. The first kappa shape index (κ1) is 26.3. The van der Waals surface area contributed by atoms with Gasteiger partial charge in [-0.05, 0) is 52.0 Å². The smallest absolute Gasteiger partial charge is 0.410 e. The van der Waals surface area contributed by atoms with Crippen LogP contribution in [0.1, 0.15) is 52.0 Å². The number of benzene rings is 1. The second kappa shape index (κ2) is 13.5. The normalized spacial score (nSPS) is 14.5. The largest absolute Gasteiger partial charge is 0.444 e. The Kier molecular flexibility index (Phi) is 11.1. The van der Waals surface area contributed by atoms with Gasteiger partial charge in [-0.1, -0.05) is 54.3 Å². The third kappa shape index (κ3) is 11.0. The van der Waals surface area contributed by atoms with Crippen LogP contribution in [-0.2, 0) is 11.3 Å². The maximum Gasteiger partial charge on any atom is 0.410 e. The van der Waals surface area contributed by atoms with Crippen LogP contribution in [-0.4, -0.2) is 58.4 Å². The number of hydrogen-bond donors (Lipinski definition) is 3. The van der Waals surface area contributed by atoms with Gasteiger partial charge in [0.25, 0.3) is 0 Å². The highest BCUT2D eigenvalue weighted by Crippen LogP contribution is 2.25. The number of thiocarbonyl (C=S) groups is 1. The Hall–Kier alpha value is -2.00. The molecule has 178 valence electrons. The minimum Gasteiger partial charge on any atom is -0.444 e. The van der Waals surface area contributed by atoms with Crippen LogP contribution < -0.4 is 16.0 Å². The van der Waals surface area contributed by atoms with Crippen molar-refractivity contribution in [1.82, 2.24) is 20.9 Å². The van der Waals surface area contributed by atoms with E-state index in [9.17, 15) is 9.59 Å². The van der Waals surface area contributed by atoms with Crippen LogP contribution in [0, 0.1) is 0 Å². The Balaban J connectivity index is 1.48. The molecule has 7 nitrogen and oxygen atoms in total. The number of nitrogens with zero attached hydrogens (tertiary/aromatic N) is 1. The molecule has 0 radical (unpaired) electrons. The molecule has 0 aromatic heterocycles. The van der Waals surface area contributed by atoms with Crippen molar-refractivity contribution in [2.24, 2.45) is 0 Å². The van der Waals surface area contributed by atoms with Crippen molar-refractivity contribution in [1.29, 1.82) is 0 Å². The highest BCUT2D eigenvalue weighted by Gasteiger charge is 2.27. The Morgan fingerprint density at radius 2 is 1.69 bits per heavy atom. The average Bonchev–Trinajstić information content (AvgIpc) is 2.74. The summed E-state index contributed by atoms with van der Waals surface area (Å²) in [5.74, 6) is 0. The number of nitrogens with one attached hydrogen (secondary N) is 3. The molecule has 1 saturated heterocycles. The Morgan fingerprint density at radius 1 is 1.06 bits per heavy atom. The lowest BCUT2D eigenvalue weighted by atomic mass is 10.1. The molecule has 1 fully saturated rings. The molecule has 3 N–H and O–H groups in total. The van der Waals surface area contributed by atoms with Gasteiger partial charge < -0.3 is 25.6 Å². The third-order valence-corrected chi connectivity index (χ3v) is 6.42. The molecule has 9 heteroatoms. The molecule has 1 aromatic rings. The predicted octanol–water partition coefficient (Wildman–Crippen LogP) is 4.27. The van der Waals surface area contributed by atoms with Crippen LogP contribution in [0.3, 0.4) is 0 Å². The lowest BCUT2D eigenvalue weighted by Crippen LogP contribution is -2.42. The van der Waals surface area contributed by atoms with E-state index >= 15 is 0 Å². The highest BCUT2D eigenvalue weighted by molar-refractivity contribution is 8.23. The van der Waals surface area contributed by atoms with Crippen LogP contribution in [0.5, 0.6) is 0 Å². The number of piperidine rings is 1. The molecule has 0 atom stereocenters. The SMILES string of the molecule is CC(C)(C)OC(=O)N1CCC(SC(=S)NCCCCNC(=O)NCc2ccccc2)CC1. The number of carbonyl (C=O) groups excluding carboxylic acids is 2. The van der Waals surface area contributed by atoms with Crippen LogP contribution in [0.4, 0.5) is 9.59 Å². The van der Waals surface area contributed by atoms with E-state index in [0.29, 0.717) is 31.4 Å². The number of carbonyl (C=O) groups is 2. The first-order chi connectivity index (χ1) is 15.2. The Bertz CT molecular complexity index is 733. The van der Waals surface area contributed by atoms with E-state index < -0.39 is 5.60 Å². The molecule has 2 rings (SSSR count). The van der Waals surface area contributed by atoms with E-state index in [1.807, 2.05) is 51.1 Å². The molecular weight excluding hydrogens is 444 g/mol. The summed E-state index contributed by atoms with van der Waals surface area (Å²) in [7, 11) is 0. The van der Waals surface area contributed by atoms with Crippen LogP contribution >= 0.6 is 24.0 Å². The van der Waals surface area contributed by atoms with Crippen LogP contribution in [0.25, 0.3) is 0 Å². The molecule has 1 aliphatic rings. The zero-order valence-electron chi connectivity index (χ0n) is 19.3. The van der Waals surface area contributed by atoms with Crippen molar-refractivity contribution >= 4 is 40.4 Å². The first-order valence-corrected chi connectivity index (χ1v) is 12.5. The molecule has 0 aliphatic carbocycles. The zero-order chi connectivity index (χ0) is 23.4. The van der Waals surface area contributed by atoms with Crippen LogP contribution in [0.2, 0.25) is 0 Å². The number of hydrogen-bond acceptors (Lipinski definition) is 5. The average molecular weight is 481 g/mol. The second-order valence-electron chi connectivity index (χ2n) is 8.80. The van der Waals surface area contributed by atoms with Gasteiger partial charge in [-0.25, -0.2) is 9.59 Å². The van der Waals surface area contributed by atoms with Gasteiger partial charge in [0, 0.05) is 38.0 Å². The van der Waals surface area contributed by atoms with E-state index in [1.165, 1.54) is 0 Å². The number of thioether (sulfide) groups is 1. The highest BCUT2D eigenvalue weighted by atomic mass is 32.2. The number of unbranched alkanes of at least 4 members (excludes halogenated alkanes) is 1. The van der Waals surface area contributed by atoms with Gasteiger partial charge in [0.1, 0.15) is 9.92 Å². The van der Waals surface area contributed by atoms with Gasteiger partial charge in [0.15, 0.2) is 0 Å². The van der Waals surface area contributed by atoms with Gasteiger partial charge in [-0.3, -0.25) is 0 Å². The number of amides is 3. The summed E-state index contributed by atoms with van der Waals surface area (Å²) in [6, 6.07) is 9.69. The first-order valence-electron chi connectivity index (χ1n) is 11.2. The van der Waals surface area contributed by atoms with E-state index in [2.05, 4.69) is 16.0 Å². The summed E-state index contributed by atoms with van der Waals surface area (Å²) in [5.41, 5.74) is 0.615. The summed E-state index contributed by atoms with van der Waals surface area (Å²) in [4.78, 5) is 25.7. The lowest BCUT2D eigenvalue weighted by Gasteiger charge is -2.33. The molecule has 1 aliphatic heterocycles. The van der Waals surface area contributed by atoms with Gasteiger partial charge in [0.05, 0.1) is 0 Å². The van der Waals surface area contributed by atoms with E-state index in [1.54, 1.807) is 16.7 Å². The molecule has 1 heterocycles. The topological polar surface area (TPSA) is 82.7 Å². The second-order valence-corrected chi connectivity index (χ2v) is 10.8. The van der Waals surface area contributed by atoms with E-state index in [-0.39, 0.29) is 12.1 Å². The predicted molar refractivity (Wildman–Crippen MR) is 135 cm³/mol. The van der Waals surface area contributed by atoms with Crippen molar-refractivity contribution in [3.8, 4) is 0 Å². The minimum atomic E-state index is -0.463. The molecule has 0 bridgehead atoms. The van der Waals surface area contributed by atoms with Gasteiger partial charge >= 0.3 is 12.1 Å². The Labute approximate surface area is 201 Å². The molecule has 0 unspecified atom stereocenters.